The minimum absolute atomic E-state index is 0. The Morgan fingerprint density at radius 2 is 1.70 bits per heavy atom. The van der Waals surface area contributed by atoms with E-state index in [9.17, 15) is 4.79 Å². The Balaban J connectivity index is 0.00000338. The average molecular weight is 424 g/mol. The quantitative estimate of drug-likeness (QED) is 0.628. The molecule has 0 aliphatic carbocycles. The van der Waals surface area contributed by atoms with Gasteiger partial charge in [0.2, 0.25) is 6.79 Å². The second kappa shape index (κ2) is 12.9. The van der Waals surface area contributed by atoms with Gasteiger partial charge in [-0.1, -0.05) is 13.0 Å². The first-order valence-corrected chi connectivity index (χ1v) is 8.62. The zero-order valence-electron chi connectivity index (χ0n) is 16.5. The molecule has 1 fully saturated rings. The summed E-state index contributed by atoms with van der Waals surface area (Å²) in [7, 11) is 4.85. The molecule has 9 heteroatoms. The first kappa shape index (κ1) is 25.6. The fourth-order valence-corrected chi connectivity index (χ4v) is 2.73. The Labute approximate surface area is 174 Å². The van der Waals surface area contributed by atoms with E-state index in [2.05, 4.69) is 16.7 Å². The molecule has 2 rings (SSSR count). The molecule has 0 saturated carbocycles. The molecule has 0 unspecified atom stereocenters. The summed E-state index contributed by atoms with van der Waals surface area (Å²) in [5, 5.41) is 0. The van der Waals surface area contributed by atoms with Crippen molar-refractivity contribution in [3.8, 4) is 11.5 Å². The Morgan fingerprint density at radius 1 is 1.07 bits per heavy atom. The van der Waals surface area contributed by atoms with Crippen molar-refractivity contribution in [3.05, 3.63) is 23.8 Å². The predicted molar refractivity (Wildman–Crippen MR) is 111 cm³/mol. The minimum Gasteiger partial charge on any atom is -0.493 e. The molecule has 7 nitrogen and oxygen atoms in total. The number of benzene rings is 1. The van der Waals surface area contributed by atoms with Gasteiger partial charge in [0, 0.05) is 46.8 Å². The Kier molecular flexibility index (Phi) is 12.2. The third-order valence-electron chi connectivity index (χ3n) is 4.31. The molecular weight excluding hydrogens is 393 g/mol. The maximum atomic E-state index is 11.5. The van der Waals surface area contributed by atoms with Crippen molar-refractivity contribution in [3.63, 3.8) is 0 Å². The van der Waals surface area contributed by atoms with Crippen molar-refractivity contribution in [1.29, 1.82) is 0 Å². The molecule has 1 aromatic carbocycles. The van der Waals surface area contributed by atoms with E-state index in [1.807, 2.05) is 18.2 Å². The summed E-state index contributed by atoms with van der Waals surface area (Å²) in [6.45, 7) is 8.38. The molecule has 156 valence electrons. The summed E-state index contributed by atoms with van der Waals surface area (Å²) < 4.78 is 15.9. The highest BCUT2D eigenvalue weighted by atomic mass is 35.5. The van der Waals surface area contributed by atoms with Gasteiger partial charge in [0.05, 0.1) is 7.11 Å². The van der Waals surface area contributed by atoms with Gasteiger partial charge in [-0.05, 0) is 24.2 Å². The molecule has 0 aromatic heterocycles. The molecule has 1 aromatic rings. The topological polar surface area (TPSA) is 54.5 Å². The van der Waals surface area contributed by atoms with Gasteiger partial charge in [0.15, 0.2) is 11.5 Å². The largest absolute Gasteiger partial charge is 0.493 e. The number of amides is 1. The molecule has 0 spiro atoms. The number of methoxy groups -OCH3 is 1. The van der Waals surface area contributed by atoms with Crippen LogP contribution in [0.3, 0.4) is 0 Å². The maximum Gasteiger partial charge on any atom is 0.412 e. The van der Waals surface area contributed by atoms with Crippen molar-refractivity contribution in [2.45, 2.75) is 13.5 Å². The fourth-order valence-electron chi connectivity index (χ4n) is 2.73. The second-order valence-corrected chi connectivity index (χ2v) is 6.26. The van der Waals surface area contributed by atoms with Crippen LogP contribution in [0.4, 0.5) is 4.79 Å². The number of carbonyl (C=O) groups is 1. The third kappa shape index (κ3) is 8.01. The van der Waals surface area contributed by atoms with E-state index in [0.717, 1.165) is 44.8 Å². The molecule has 0 radical (unpaired) electrons. The van der Waals surface area contributed by atoms with Gasteiger partial charge < -0.3 is 24.0 Å². The lowest BCUT2D eigenvalue weighted by atomic mass is 10.1. The van der Waals surface area contributed by atoms with Crippen LogP contribution in [0.5, 0.6) is 11.5 Å². The maximum absolute atomic E-state index is 11.5. The van der Waals surface area contributed by atoms with Crippen molar-refractivity contribution in [2.75, 3.05) is 60.7 Å². The molecular formula is C18H31Cl2N3O4. The van der Waals surface area contributed by atoms with E-state index in [-0.39, 0.29) is 31.6 Å². The van der Waals surface area contributed by atoms with E-state index < -0.39 is 6.09 Å². The monoisotopic (exact) mass is 423 g/mol. The zero-order valence-corrected chi connectivity index (χ0v) is 18.1. The van der Waals surface area contributed by atoms with Crippen LogP contribution in [0, 0.1) is 0 Å². The number of halogens is 2. The molecule has 0 atom stereocenters. The van der Waals surface area contributed by atoms with Crippen LogP contribution in [0.25, 0.3) is 0 Å². The number of nitrogens with zero attached hydrogens (tertiary/aromatic N) is 3. The van der Waals surface area contributed by atoms with Crippen LogP contribution in [-0.4, -0.2) is 81.5 Å². The lowest BCUT2D eigenvalue weighted by Gasteiger charge is -2.34. The molecule has 1 aliphatic heterocycles. The van der Waals surface area contributed by atoms with Crippen LogP contribution in [-0.2, 0) is 11.3 Å². The number of ether oxygens (including phenoxy) is 3. The molecule has 0 bridgehead atoms. The first-order chi connectivity index (χ1) is 12.0. The van der Waals surface area contributed by atoms with Gasteiger partial charge in [0.1, 0.15) is 0 Å². The summed E-state index contributed by atoms with van der Waals surface area (Å²) in [5.41, 5.74) is 1.15. The van der Waals surface area contributed by atoms with Gasteiger partial charge in [-0.25, -0.2) is 4.79 Å². The van der Waals surface area contributed by atoms with Gasteiger partial charge in [-0.2, -0.15) is 0 Å². The summed E-state index contributed by atoms with van der Waals surface area (Å²) in [6, 6.07) is 5.89. The lowest BCUT2D eigenvalue weighted by molar-refractivity contribution is 0.0418. The van der Waals surface area contributed by atoms with E-state index in [4.69, 9.17) is 14.2 Å². The smallest absolute Gasteiger partial charge is 0.412 e. The standard InChI is InChI=1S/C18H29N3O4.2ClH/c1-5-20-8-10-21(11-9-20)13-15-6-7-16(23-4)17(12-15)24-14-25-18(22)19(2)3;;/h6-7,12H,5,8-11,13-14H2,1-4H3;2*1H. The highest BCUT2D eigenvalue weighted by Crippen LogP contribution is 2.28. The Hall–Kier alpha value is -1.41. The third-order valence-corrected chi connectivity index (χ3v) is 4.31. The number of rotatable bonds is 7. The van der Waals surface area contributed by atoms with Crippen LogP contribution in [0.1, 0.15) is 12.5 Å². The summed E-state index contributed by atoms with van der Waals surface area (Å²) in [6.07, 6.45) is -0.441. The number of carbonyl (C=O) groups excluding carboxylic acids is 1. The number of hydrogen-bond acceptors (Lipinski definition) is 6. The Bertz CT molecular complexity index is 568. The zero-order chi connectivity index (χ0) is 18.2. The molecule has 1 amide bonds. The van der Waals surface area contributed by atoms with Crippen LogP contribution >= 0.6 is 24.8 Å². The molecule has 0 N–H and O–H groups in total. The van der Waals surface area contributed by atoms with Crippen molar-refractivity contribution in [1.82, 2.24) is 14.7 Å². The van der Waals surface area contributed by atoms with E-state index in [0.29, 0.717) is 11.5 Å². The Morgan fingerprint density at radius 3 is 2.26 bits per heavy atom. The van der Waals surface area contributed by atoms with Gasteiger partial charge in [0.25, 0.3) is 0 Å². The predicted octanol–water partition coefficient (Wildman–Crippen LogP) is 2.71. The van der Waals surface area contributed by atoms with E-state index in [1.54, 1.807) is 21.2 Å². The SMILES string of the molecule is CCN1CCN(Cc2ccc(OC)c(OCOC(=O)N(C)C)c2)CC1.Cl.Cl. The molecule has 1 aliphatic rings. The molecule has 27 heavy (non-hydrogen) atoms. The normalized spacial score (nSPS) is 14.5. The highest BCUT2D eigenvalue weighted by molar-refractivity contribution is 5.85. The summed E-state index contributed by atoms with van der Waals surface area (Å²) >= 11 is 0. The van der Waals surface area contributed by atoms with Gasteiger partial charge >= 0.3 is 6.09 Å². The first-order valence-electron chi connectivity index (χ1n) is 8.62. The van der Waals surface area contributed by atoms with Crippen molar-refractivity contribution < 1.29 is 19.0 Å². The van der Waals surface area contributed by atoms with Crippen molar-refractivity contribution >= 4 is 30.9 Å². The number of piperazine rings is 1. The molecule has 1 saturated heterocycles. The minimum atomic E-state index is -0.441. The van der Waals surface area contributed by atoms with E-state index >= 15 is 0 Å². The van der Waals surface area contributed by atoms with Gasteiger partial charge in [-0.15, -0.1) is 24.8 Å². The summed E-state index contributed by atoms with van der Waals surface area (Å²) in [5.74, 6) is 1.21. The highest BCUT2D eigenvalue weighted by Gasteiger charge is 2.16. The van der Waals surface area contributed by atoms with Crippen molar-refractivity contribution in [2.24, 2.45) is 0 Å². The van der Waals surface area contributed by atoms with E-state index in [1.165, 1.54) is 4.90 Å². The van der Waals surface area contributed by atoms with Crippen LogP contribution in [0.2, 0.25) is 0 Å². The summed E-state index contributed by atoms with van der Waals surface area (Å²) in [4.78, 5) is 17.7. The number of hydrogen-bond donors (Lipinski definition) is 0. The average Bonchev–Trinajstić information content (AvgIpc) is 2.62. The number of likely N-dealkylation sites (N-methyl/N-ethyl adjacent to an activating group) is 1. The van der Waals surface area contributed by atoms with Crippen LogP contribution in [0.15, 0.2) is 18.2 Å². The fraction of sp³-hybridized carbons (Fsp3) is 0.611. The second-order valence-electron chi connectivity index (χ2n) is 6.26. The molecule has 1 heterocycles. The van der Waals surface area contributed by atoms with Crippen LogP contribution < -0.4 is 9.47 Å². The lowest BCUT2D eigenvalue weighted by Crippen LogP contribution is -2.45. The van der Waals surface area contributed by atoms with Gasteiger partial charge in [-0.3, -0.25) is 4.90 Å².